The molecule has 152 valence electrons. The lowest BCUT2D eigenvalue weighted by Gasteiger charge is -2.10. The summed E-state index contributed by atoms with van der Waals surface area (Å²) in [5.74, 6) is 1.17. The third-order valence-electron chi connectivity index (χ3n) is 4.88. The summed E-state index contributed by atoms with van der Waals surface area (Å²) in [7, 11) is 0. The van der Waals surface area contributed by atoms with E-state index in [9.17, 15) is 9.59 Å². The molecule has 0 fully saturated rings. The third-order valence-corrected chi connectivity index (χ3v) is 4.88. The second kappa shape index (κ2) is 8.73. The number of aryl methyl sites for hydroxylation is 2. The van der Waals surface area contributed by atoms with Crippen molar-refractivity contribution in [2.45, 2.75) is 32.7 Å². The number of anilines is 1. The standard InChI is InChI=1S/C23H23N5O2/c1-16-6-4-7-17(14-16)15-28-21(12-13-24-28)27-22(29)11-5-10-20-25-19-9-3-2-8-18(19)23(30)26-20/h2-4,6-9,12-14H,5,10-11,15H2,1H3,(H,27,29)(H,25,26,30). The summed E-state index contributed by atoms with van der Waals surface area (Å²) < 4.78 is 1.77. The van der Waals surface area contributed by atoms with Gasteiger partial charge in [0, 0.05) is 18.9 Å². The van der Waals surface area contributed by atoms with Crippen LogP contribution in [0.1, 0.15) is 29.8 Å². The van der Waals surface area contributed by atoms with Crippen molar-refractivity contribution in [3.63, 3.8) is 0 Å². The zero-order chi connectivity index (χ0) is 20.9. The third kappa shape index (κ3) is 4.63. The highest BCUT2D eigenvalue weighted by molar-refractivity contribution is 5.89. The van der Waals surface area contributed by atoms with Crippen molar-refractivity contribution in [1.82, 2.24) is 19.7 Å². The number of benzene rings is 2. The Labute approximate surface area is 173 Å². The van der Waals surface area contributed by atoms with E-state index < -0.39 is 0 Å². The van der Waals surface area contributed by atoms with E-state index in [0.29, 0.717) is 48.4 Å². The Bertz CT molecular complexity index is 1240. The molecule has 0 bridgehead atoms. The van der Waals surface area contributed by atoms with Crippen LogP contribution in [0.25, 0.3) is 10.9 Å². The zero-order valence-corrected chi connectivity index (χ0v) is 16.8. The van der Waals surface area contributed by atoms with Crippen molar-refractivity contribution in [3.8, 4) is 0 Å². The van der Waals surface area contributed by atoms with Crippen molar-refractivity contribution in [3.05, 3.63) is 88.1 Å². The number of hydrogen-bond acceptors (Lipinski definition) is 4. The second-order valence-electron chi connectivity index (χ2n) is 7.29. The Morgan fingerprint density at radius 1 is 1.13 bits per heavy atom. The molecular formula is C23H23N5O2. The number of carbonyl (C=O) groups is 1. The Morgan fingerprint density at radius 3 is 2.87 bits per heavy atom. The summed E-state index contributed by atoms with van der Waals surface area (Å²) in [6, 6.07) is 17.2. The molecule has 4 rings (SSSR count). The predicted molar refractivity (Wildman–Crippen MR) is 116 cm³/mol. The van der Waals surface area contributed by atoms with Gasteiger partial charge < -0.3 is 10.3 Å². The van der Waals surface area contributed by atoms with Crippen LogP contribution in [0.2, 0.25) is 0 Å². The van der Waals surface area contributed by atoms with Crippen molar-refractivity contribution in [2.24, 2.45) is 0 Å². The number of nitrogens with zero attached hydrogens (tertiary/aromatic N) is 3. The Hall–Kier alpha value is -3.74. The summed E-state index contributed by atoms with van der Waals surface area (Å²) in [6.45, 7) is 2.64. The van der Waals surface area contributed by atoms with Gasteiger partial charge in [-0.15, -0.1) is 0 Å². The molecule has 7 heteroatoms. The SMILES string of the molecule is Cc1cccc(Cn2nccc2NC(=O)CCCc2nc3ccccc3c(=O)[nH]2)c1. The first-order valence-electron chi connectivity index (χ1n) is 9.93. The number of hydrogen-bond donors (Lipinski definition) is 2. The van der Waals surface area contributed by atoms with E-state index in [1.807, 2.05) is 43.3 Å². The summed E-state index contributed by atoms with van der Waals surface area (Å²) >= 11 is 0. The fourth-order valence-electron chi connectivity index (χ4n) is 3.42. The molecular weight excluding hydrogens is 378 g/mol. The normalized spacial score (nSPS) is 11.0. The van der Waals surface area contributed by atoms with Gasteiger partial charge in [0.1, 0.15) is 11.6 Å². The van der Waals surface area contributed by atoms with Crippen molar-refractivity contribution in [2.75, 3.05) is 5.32 Å². The smallest absolute Gasteiger partial charge is 0.258 e. The van der Waals surface area contributed by atoms with E-state index in [1.54, 1.807) is 23.0 Å². The predicted octanol–water partition coefficient (Wildman–Crippen LogP) is 3.44. The van der Waals surface area contributed by atoms with Gasteiger partial charge in [-0.2, -0.15) is 5.10 Å². The minimum atomic E-state index is -0.153. The van der Waals surface area contributed by atoms with Crippen LogP contribution in [0.15, 0.2) is 65.6 Å². The molecule has 0 aliphatic heterocycles. The van der Waals surface area contributed by atoms with Crippen molar-refractivity contribution < 1.29 is 4.79 Å². The van der Waals surface area contributed by atoms with E-state index >= 15 is 0 Å². The van der Waals surface area contributed by atoms with Gasteiger partial charge in [0.05, 0.1) is 23.6 Å². The maximum absolute atomic E-state index is 12.4. The highest BCUT2D eigenvalue weighted by Crippen LogP contribution is 2.13. The number of rotatable bonds is 7. The minimum Gasteiger partial charge on any atom is -0.311 e. The molecule has 0 spiro atoms. The monoisotopic (exact) mass is 401 g/mol. The van der Waals surface area contributed by atoms with Gasteiger partial charge in [-0.1, -0.05) is 42.0 Å². The second-order valence-corrected chi connectivity index (χ2v) is 7.29. The average Bonchev–Trinajstić information content (AvgIpc) is 3.14. The molecule has 2 N–H and O–H groups in total. The maximum atomic E-state index is 12.4. The molecule has 0 saturated carbocycles. The maximum Gasteiger partial charge on any atom is 0.258 e. The number of para-hydroxylation sites is 1. The highest BCUT2D eigenvalue weighted by Gasteiger charge is 2.09. The molecule has 2 aromatic carbocycles. The van der Waals surface area contributed by atoms with E-state index in [4.69, 9.17) is 0 Å². The number of aromatic nitrogens is 4. The largest absolute Gasteiger partial charge is 0.311 e. The summed E-state index contributed by atoms with van der Waals surface area (Å²) in [5.41, 5.74) is 2.83. The zero-order valence-electron chi connectivity index (χ0n) is 16.8. The molecule has 2 aromatic heterocycles. The summed E-state index contributed by atoms with van der Waals surface area (Å²) in [4.78, 5) is 31.8. The molecule has 4 aromatic rings. The number of aromatic amines is 1. The lowest BCUT2D eigenvalue weighted by molar-refractivity contribution is -0.116. The van der Waals surface area contributed by atoms with Crippen LogP contribution in [0, 0.1) is 6.92 Å². The van der Waals surface area contributed by atoms with E-state index in [0.717, 1.165) is 5.56 Å². The molecule has 2 heterocycles. The lowest BCUT2D eigenvalue weighted by Crippen LogP contribution is -2.17. The first-order chi connectivity index (χ1) is 14.6. The van der Waals surface area contributed by atoms with E-state index in [2.05, 4.69) is 26.4 Å². The fraction of sp³-hybridized carbons (Fsp3) is 0.217. The quantitative estimate of drug-likeness (QED) is 0.496. The Balaban J connectivity index is 1.34. The van der Waals surface area contributed by atoms with Gasteiger partial charge in [0.2, 0.25) is 5.91 Å². The summed E-state index contributed by atoms with van der Waals surface area (Å²) in [5, 5.41) is 7.81. The molecule has 0 unspecified atom stereocenters. The number of fused-ring (bicyclic) bond motifs is 1. The van der Waals surface area contributed by atoms with E-state index in [1.165, 1.54) is 5.56 Å². The van der Waals surface area contributed by atoms with Crippen LogP contribution >= 0.6 is 0 Å². The molecule has 0 atom stereocenters. The Kier molecular flexibility index (Phi) is 5.70. The van der Waals surface area contributed by atoms with Crippen LogP contribution in [-0.4, -0.2) is 25.7 Å². The Morgan fingerprint density at radius 2 is 2.00 bits per heavy atom. The van der Waals surface area contributed by atoms with Crippen molar-refractivity contribution >= 4 is 22.6 Å². The minimum absolute atomic E-state index is 0.0934. The van der Waals surface area contributed by atoms with Crippen LogP contribution < -0.4 is 10.9 Å². The van der Waals surface area contributed by atoms with Gasteiger partial charge in [0.25, 0.3) is 5.56 Å². The number of nitrogens with one attached hydrogen (secondary N) is 2. The van der Waals surface area contributed by atoms with Gasteiger partial charge in [0.15, 0.2) is 0 Å². The van der Waals surface area contributed by atoms with Crippen LogP contribution in [0.3, 0.4) is 0 Å². The van der Waals surface area contributed by atoms with Gasteiger partial charge >= 0.3 is 0 Å². The van der Waals surface area contributed by atoms with Gasteiger partial charge in [-0.3, -0.25) is 9.59 Å². The molecule has 0 aliphatic carbocycles. The summed E-state index contributed by atoms with van der Waals surface area (Å²) in [6.07, 6.45) is 3.11. The number of carbonyl (C=O) groups excluding carboxylic acids is 1. The fourth-order valence-corrected chi connectivity index (χ4v) is 3.42. The molecule has 0 aliphatic rings. The van der Waals surface area contributed by atoms with Crippen LogP contribution in [0.4, 0.5) is 5.82 Å². The van der Waals surface area contributed by atoms with Crippen LogP contribution in [0.5, 0.6) is 0 Å². The molecule has 7 nitrogen and oxygen atoms in total. The first kappa shape index (κ1) is 19.6. The topological polar surface area (TPSA) is 92.7 Å². The first-order valence-corrected chi connectivity index (χ1v) is 9.93. The van der Waals surface area contributed by atoms with Crippen LogP contribution in [-0.2, 0) is 17.8 Å². The average molecular weight is 401 g/mol. The van der Waals surface area contributed by atoms with E-state index in [-0.39, 0.29) is 11.5 Å². The molecule has 0 radical (unpaired) electrons. The molecule has 1 amide bonds. The molecule has 0 saturated heterocycles. The number of H-pyrrole nitrogens is 1. The number of amides is 1. The van der Waals surface area contributed by atoms with Gasteiger partial charge in [-0.25, -0.2) is 9.67 Å². The van der Waals surface area contributed by atoms with Gasteiger partial charge in [-0.05, 0) is 31.0 Å². The highest BCUT2D eigenvalue weighted by atomic mass is 16.1. The van der Waals surface area contributed by atoms with Crippen molar-refractivity contribution in [1.29, 1.82) is 0 Å². The molecule has 30 heavy (non-hydrogen) atoms. The lowest BCUT2D eigenvalue weighted by atomic mass is 10.1.